The van der Waals surface area contributed by atoms with Crippen LogP contribution in [0.4, 0.5) is 0 Å². The molecule has 0 saturated carbocycles. The molecule has 0 saturated heterocycles. The Kier molecular flexibility index (Phi) is 17.1. The third-order valence-electron chi connectivity index (χ3n) is 9.24. The van der Waals surface area contributed by atoms with E-state index in [1.807, 2.05) is 66.7 Å². The standard InChI is InChI=1S/C45H52N4O7S/c1-31(2)41(44(56)46-30-40(52)53)49-43(55)38(28-33-18-8-4-9-19-33)48-42(54)32(3)47-39(51)29-37(50)26-16-17-27-57-45(34-20-10-5-11-21-34,35-22-12-6-13-23-35)36-24-14-7-15-25-36/h4-16,18-26,31-32,37-38,41,50H,17,27-30H2,1-3H3,(H,46,56)(H,47,51)(H,48,54)(H,49,55)(H,52,53)/t32-,37+,38-,41-/m1/s1. The van der Waals surface area contributed by atoms with Crippen LogP contribution in [-0.2, 0) is 35.1 Å². The summed E-state index contributed by atoms with van der Waals surface area (Å²) in [4.78, 5) is 63.4. The van der Waals surface area contributed by atoms with Crippen molar-refractivity contribution in [2.75, 3.05) is 12.3 Å². The van der Waals surface area contributed by atoms with Gasteiger partial charge in [0.05, 0.1) is 17.3 Å². The maximum atomic E-state index is 13.5. The predicted octanol–water partition coefficient (Wildman–Crippen LogP) is 4.98. The van der Waals surface area contributed by atoms with Gasteiger partial charge in [0.1, 0.15) is 24.7 Å². The molecule has 6 N–H and O–H groups in total. The van der Waals surface area contributed by atoms with Crippen LogP contribution in [0.5, 0.6) is 0 Å². The Bertz CT molecular complexity index is 1830. The highest BCUT2D eigenvalue weighted by Crippen LogP contribution is 2.48. The second-order valence-electron chi connectivity index (χ2n) is 14.0. The summed E-state index contributed by atoms with van der Waals surface area (Å²) < 4.78 is -0.472. The van der Waals surface area contributed by atoms with Crippen LogP contribution in [0.1, 0.15) is 55.9 Å². The molecular weight excluding hydrogens is 741 g/mol. The molecule has 11 nitrogen and oxygen atoms in total. The van der Waals surface area contributed by atoms with Gasteiger partial charge in [-0.1, -0.05) is 147 Å². The van der Waals surface area contributed by atoms with Crippen molar-refractivity contribution >= 4 is 41.4 Å². The summed E-state index contributed by atoms with van der Waals surface area (Å²) in [6, 6.07) is 36.8. The average Bonchev–Trinajstić information content (AvgIpc) is 3.21. The molecule has 0 unspecified atom stereocenters. The van der Waals surface area contributed by atoms with Gasteiger partial charge in [0, 0.05) is 6.42 Å². The van der Waals surface area contributed by atoms with Gasteiger partial charge < -0.3 is 31.5 Å². The van der Waals surface area contributed by atoms with Gasteiger partial charge >= 0.3 is 5.97 Å². The Balaban J connectivity index is 1.35. The molecule has 0 fully saturated rings. The zero-order valence-corrected chi connectivity index (χ0v) is 33.3. The number of aliphatic hydroxyl groups excluding tert-OH is 1. The number of carboxylic acids is 1. The van der Waals surface area contributed by atoms with Crippen LogP contribution in [0.25, 0.3) is 0 Å². The first-order valence-electron chi connectivity index (χ1n) is 19.0. The highest BCUT2D eigenvalue weighted by Gasteiger charge is 2.36. The van der Waals surface area contributed by atoms with E-state index >= 15 is 0 Å². The quantitative estimate of drug-likeness (QED) is 0.0390. The molecule has 4 rings (SSSR count). The molecule has 4 aromatic carbocycles. The zero-order valence-electron chi connectivity index (χ0n) is 32.5. The molecule has 0 aliphatic heterocycles. The van der Waals surface area contributed by atoms with Crippen molar-refractivity contribution < 1.29 is 34.2 Å². The van der Waals surface area contributed by atoms with E-state index in [1.165, 1.54) is 6.92 Å². The number of amides is 4. The molecule has 12 heteroatoms. The lowest BCUT2D eigenvalue weighted by Gasteiger charge is -2.35. The molecule has 4 atom stereocenters. The normalized spacial score (nSPS) is 13.6. The zero-order chi connectivity index (χ0) is 41.2. The molecule has 0 radical (unpaired) electrons. The van der Waals surface area contributed by atoms with Gasteiger partial charge in [0.25, 0.3) is 0 Å². The first-order valence-corrected chi connectivity index (χ1v) is 20.0. The number of carbonyl (C=O) groups excluding carboxylic acids is 4. The Labute approximate surface area is 338 Å². The van der Waals surface area contributed by atoms with E-state index in [9.17, 15) is 29.1 Å². The maximum absolute atomic E-state index is 13.5. The maximum Gasteiger partial charge on any atom is 0.322 e. The van der Waals surface area contributed by atoms with Gasteiger partial charge in [-0.3, -0.25) is 24.0 Å². The fourth-order valence-electron chi connectivity index (χ4n) is 6.34. The second kappa shape index (κ2) is 22.1. The predicted molar refractivity (Wildman–Crippen MR) is 223 cm³/mol. The number of aliphatic carboxylic acids is 1. The highest BCUT2D eigenvalue weighted by molar-refractivity contribution is 8.00. The molecule has 0 aromatic heterocycles. The molecule has 0 spiro atoms. The van der Waals surface area contributed by atoms with Crippen molar-refractivity contribution in [1.82, 2.24) is 21.3 Å². The molecule has 0 heterocycles. The number of carbonyl (C=O) groups is 5. The summed E-state index contributed by atoms with van der Waals surface area (Å²) in [6.45, 7) is 4.26. The fourth-order valence-corrected chi connectivity index (χ4v) is 7.81. The van der Waals surface area contributed by atoms with Crippen LogP contribution in [0.3, 0.4) is 0 Å². The van der Waals surface area contributed by atoms with Crippen molar-refractivity contribution in [3.8, 4) is 0 Å². The number of hydrogen-bond acceptors (Lipinski definition) is 7. The Morgan fingerprint density at radius 2 is 1.19 bits per heavy atom. The number of carboxylic acid groups (broad SMARTS) is 1. The largest absolute Gasteiger partial charge is 0.480 e. The van der Waals surface area contributed by atoms with E-state index in [1.54, 1.807) is 56.0 Å². The highest BCUT2D eigenvalue weighted by atomic mass is 32.2. The summed E-state index contributed by atoms with van der Waals surface area (Å²) in [6.07, 6.45) is 2.78. The molecule has 4 aromatic rings. The van der Waals surface area contributed by atoms with Gasteiger partial charge in [-0.05, 0) is 47.3 Å². The lowest BCUT2D eigenvalue weighted by molar-refractivity contribution is -0.139. The lowest BCUT2D eigenvalue weighted by Crippen LogP contribution is -2.58. The summed E-state index contributed by atoms with van der Waals surface area (Å²) in [7, 11) is 0. The number of benzene rings is 4. The molecule has 0 bridgehead atoms. The number of hydrogen-bond donors (Lipinski definition) is 6. The molecule has 300 valence electrons. The van der Waals surface area contributed by atoms with Crippen molar-refractivity contribution in [1.29, 1.82) is 0 Å². The van der Waals surface area contributed by atoms with Crippen molar-refractivity contribution in [3.05, 3.63) is 156 Å². The Morgan fingerprint density at radius 3 is 1.68 bits per heavy atom. The van der Waals surface area contributed by atoms with E-state index in [4.69, 9.17) is 5.11 Å². The second-order valence-corrected chi connectivity index (χ2v) is 15.3. The summed E-state index contributed by atoms with van der Waals surface area (Å²) in [5.41, 5.74) is 4.19. The van der Waals surface area contributed by atoms with Gasteiger partial charge in [0.15, 0.2) is 0 Å². The summed E-state index contributed by atoms with van der Waals surface area (Å²) >= 11 is 1.80. The Morgan fingerprint density at radius 1 is 0.684 bits per heavy atom. The van der Waals surface area contributed by atoms with Crippen LogP contribution < -0.4 is 21.3 Å². The minimum absolute atomic E-state index is 0.0889. The monoisotopic (exact) mass is 792 g/mol. The van der Waals surface area contributed by atoms with Gasteiger partial charge in [0.2, 0.25) is 23.6 Å². The van der Waals surface area contributed by atoms with Crippen LogP contribution in [-0.4, -0.2) is 76.3 Å². The smallest absolute Gasteiger partial charge is 0.322 e. The summed E-state index contributed by atoms with van der Waals surface area (Å²) in [5, 5.41) is 29.9. The van der Waals surface area contributed by atoms with E-state index < -0.39 is 65.1 Å². The number of nitrogens with one attached hydrogen (secondary N) is 4. The number of aliphatic hydroxyl groups is 1. The topological polar surface area (TPSA) is 174 Å². The van der Waals surface area contributed by atoms with Gasteiger partial charge in [-0.2, -0.15) is 0 Å². The lowest BCUT2D eigenvalue weighted by atomic mass is 9.84. The first-order chi connectivity index (χ1) is 27.4. The van der Waals surface area contributed by atoms with Crippen LogP contribution in [0, 0.1) is 5.92 Å². The van der Waals surface area contributed by atoms with Gasteiger partial charge in [-0.15, -0.1) is 11.8 Å². The third-order valence-corrected chi connectivity index (χ3v) is 10.8. The van der Waals surface area contributed by atoms with Crippen LogP contribution >= 0.6 is 11.8 Å². The van der Waals surface area contributed by atoms with Crippen LogP contribution in [0.15, 0.2) is 133 Å². The fraction of sp³-hybridized carbons (Fsp3) is 0.311. The molecule has 0 aliphatic carbocycles. The van der Waals surface area contributed by atoms with Crippen LogP contribution in [0.2, 0.25) is 0 Å². The molecule has 0 aliphatic rings. The van der Waals surface area contributed by atoms with E-state index in [0.717, 1.165) is 22.3 Å². The molecule has 57 heavy (non-hydrogen) atoms. The van der Waals surface area contributed by atoms with E-state index in [2.05, 4.69) is 57.7 Å². The van der Waals surface area contributed by atoms with Gasteiger partial charge in [-0.25, -0.2) is 0 Å². The number of thioether (sulfide) groups is 1. The van der Waals surface area contributed by atoms with Crippen molar-refractivity contribution in [2.24, 2.45) is 5.92 Å². The average molecular weight is 793 g/mol. The Hall–Kier alpha value is -5.72. The molecular formula is C45H52N4O7S. The minimum atomic E-state index is -1.23. The van der Waals surface area contributed by atoms with Crippen molar-refractivity contribution in [2.45, 2.75) is 69.0 Å². The summed E-state index contributed by atoms with van der Waals surface area (Å²) in [5.74, 6) is -3.42. The molecule has 4 amide bonds. The third kappa shape index (κ3) is 13.2. The van der Waals surface area contributed by atoms with E-state index in [0.29, 0.717) is 12.2 Å². The SMILES string of the molecule is CC(C)[C@@H](NC(=O)[C@@H](Cc1ccccc1)NC(=O)[C@@H](C)NC(=O)C[C@@H](O)C=CCCSC(c1ccccc1)(c1ccccc1)c1ccccc1)C(=O)NCC(=O)O. The minimum Gasteiger partial charge on any atom is -0.480 e. The first kappa shape index (κ1) is 44.0. The number of allylic oxidation sites excluding steroid dienone is 1. The number of rotatable bonds is 21. The van der Waals surface area contributed by atoms with E-state index in [-0.39, 0.29) is 18.8 Å². The van der Waals surface area contributed by atoms with Crippen molar-refractivity contribution in [3.63, 3.8) is 0 Å².